The molecule has 27 heavy (non-hydrogen) atoms. The molecule has 1 amide bonds. The number of hydrogen-bond acceptors (Lipinski definition) is 4. The zero-order valence-corrected chi connectivity index (χ0v) is 15.3. The summed E-state index contributed by atoms with van der Waals surface area (Å²) in [6.45, 7) is 3.52. The normalized spacial score (nSPS) is 11.5. The predicted octanol–water partition coefficient (Wildman–Crippen LogP) is 5.32. The third-order valence-corrected chi connectivity index (χ3v) is 4.06. The lowest BCUT2D eigenvalue weighted by molar-refractivity contribution is -0.114. The first kappa shape index (κ1) is 18.3. The van der Waals surface area contributed by atoms with Crippen LogP contribution < -0.4 is 15.4 Å². The van der Waals surface area contributed by atoms with E-state index in [9.17, 15) is 9.90 Å². The fourth-order valence-corrected chi connectivity index (χ4v) is 2.81. The predicted molar refractivity (Wildman–Crippen MR) is 107 cm³/mol. The van der Waals surface area contributed by atoms with Gasteiger partial charge in [-0.1, -0.05) is 30.3 Å². The lowest BCUT2D eigenvalue weighted by Gasteiger charge is -2.21. The molecule has 0 spiro atoms. The Morgan fingerprint density at radius 1 is 0.926 bits per heavy atom. The summed E-state index contributed by atoms with van der Waals surface area (Å²) in [7, 11) is 0. The first-order valence-electron chi connectivity index (χ1n) is 8.72. The molecule has 0 heterocycles. The van der Waals surface area contributed by atoms with Crippen LogP contribution in [-0.2, 0) is 4.79 Å². The van der Waals surface area contributed by atoms with Crippen molar-refractivity contribution in [3.8, 4) is 17.2 Å². The number of rotatable bonds is 6. The van der Waals surface area contributed by atoms with Gasteiger partial charge in [0.1, 0.15) is 11.5 Å². The van der Waals surface area contributed by atoms with Crippen molar-refractivity contribution >= 4 is 17.3 Å². The van der Waals surface area contributed by atoms with Crippen LogP contribution in [0.2, 0.25) is 0 Å². The van der Waals surface area contributed by atoms with Gasteiger partial charge in [-0.3, -0.25) is 4.79 Å². The van der Waals surface area contributed by atoms with E-state index in [4.69, 9.17) is 4.74 Å². The van der Waals surface area contributed by atoms with Crippen LogP contribution in [0.1, 0.15) is 25.5 Å². The number of hydrogen-bond donors (Lipinski definition) is 3. The van der Waals surface area contributed by atoms with Gasteiger partial charge in [-0.25, -0.2) is 0 Å². The Hall–Kier alpha value is -3.47. The molecule has 0 aliphatic heterocycles. The Balaban J connectivity index is 1.82. The summed E-state index contributed by atoms with van der Waals surface area (Å²) >= 11 is 0. The third-order valence-electron chi connectivity index (χ3n) is 4.06. The number of phenols is 1. The molecule has 3 N–H and O–H groups in total. The quantitative estimate of drug-likeness (QED) is 0.555. The SMILES string of the molecule is CC(=O)Nc1ccccc1C(C)Nc1ccccc1Oc1ccc(O)cc1. The number of benzene rings is 3. The lowest BCUT2D eigenvalue weighted by atomic mass is 10.1. The zero-order valence-electron chi connectivity index (χ0n) is 15.3. The molecule has 138 valence electrons. The van der Waals surface area contributed by atoms with Gasteiger partial charge in [0.15, 0.2) is 5.75 Å². The summed E-state index contributed by atoms with van der Waals surface area (Å²) < 4.78 is 5.95. The Morgan fingerprint density at radius 3 is 2.26 bits per heavy atom. The van der Waals surface area contributed by atoms with Gasteiger partial charge in [-0.15, -0.1) is 0 Å². The number of ether oxygens (including phenoxy) is 1. The third kappa shape index (κ3) is 4.79. The molecular weight excluding hydrogens is 340 g/mol. The summed E-state index contributed by atoms with van der Waals surface area (Å²) in [6.07, 6.45) is 0. The molecule has 3 aromatic carbocycles. The monoisotopic (exact) mass is 362 g/mol. The Bertz CT molecular complexity index is 923. The van der Waals surface area contributed by atoms with Gasteiger partial charge in [-0.2, -0.15) is 0 Å². The lowest BCUT2D eigenvalue weighted by Crippen LogP contribution is -2.13. The molecule has 0 aliphatic carbocycles. The van der Waals surface area contributed by atoms with Crippen LogP contribution in [-0.4, -0.2) is 11.0 Å². The number of nitrogens with one attached hydrogen (secondary N) is 2. The van der Waals surface area contributed by atoms with Gasteiger partial charge in [0.2, 0.25) is 5.91 Å². The zero-order chi connectivity index (χ0) is 19.2. The van der Waals surface area contributed by atoms with Crippen LogP contribution in [0.25, 0.3) is 0 Å². The Labute approximate surface area is 158 Å². The first-order valence-corrected chi connectivity index (χ1v) is 8.72. The second-order valence-corrected chi connectivity index (χ2v) is 6.23. The van der Waals surface area contributed by atoms with Crippen molar-refractivity contribution in [2.75, 3.05) is 10.6 Å². The molecule has 0 aromatic heterocycles. The van der Waals surface area contributed by atoms with Crippen LogP contribution in [0.3, 0.4) is 0 Å². The molecule has 1 atom stereocenters. The first-order chi connectivity index (χ1) is 13.0. The maximum Gasteiger partial charge on any atom is 0.221 e. The number of anilines is 2. The highest BCUT2D eigenvalue weighted by atomic mass is 16.5. The number of carbonyl (C=O) groups excluding carboxylic acids is 1. The van der Waals surface area contributed by atoms with Crippen molar-refractivity contribution in [2.24, 2.45) is 0 Å². The second-order valence-electron chi connectivity index (χ2n) is 6.23. The maximum atomic E-state index is 11.5. The topological polar surface area (TPSA) is 70.6 Å². The molecule has 3 rings (SSSR count). The number of carbonyl (C=O) groups is 1. The van der Waals surface area contributed by atoms with Gasteiger partial charge in [0, 0.05) is 12.6 Å². The Kier molecular flexibility index (Phi) is 5.61. The summed E-state index contributed by atoms with van der Waals surface area (Å²) in [5.41, 5.74) is 2.59. The van der Waals surface area contributed by atoms with Crippen molar-refractivity contribution < 1.29 is 14.6 Å². The highest BCUT2D eigenvalue weighted by molar-refractivity contribution is 5.89. The van der Waals surface area contributed by atoms with E-state index in [2.05, 4.69) is 10.6 Å². The fourth-order valence-electron chi connectivity index (χ4n) is 2.81. The second kappa shape index (κ2) is 8.27. The molecular formula is C22H22N2O3. The minimum absolute atomic E-state index is 0.0578. The number of amides is 1. The number of phenolic OH excluding ortho intramolecular Hbond substituents is 1. The molecule has 5 nitrogen and oxygen atoms in total. The van der Waals surface area contributed by atoms with Crippen LogP contribution in [0, 0.1) is 0 Å². The van der Waals surface area contributed by atoms with Crippen LogP contribution in [0.5, 0.6) is 17.2 Å². The molecule has 0 radical (unpaired) electrons. The molecule has 0 saturated heterocycles. The van der Waals surface area contributed by atoms with E-state index in [1.807, 2.05) is 55.5 Å². The van der Waals surface area contributed by atoms with E-state index in [-0.39, 0.29) is 17.7 Å². The number of aromatic hydroxyl groups is 1. The molecule has 3 aromatic rings. The minimum atomic E-state index is -0.106. The fraction of sp³-hybridized carbons (Fsp3) is 0.136. The molecule has 1 unspecified atom stereocenters. The van der Waals surface area contributed by atoms with Crippen molar-refractivity contribution in [1.29, 1.82) is 0 Å². The van der Waals surface area contributed by atoms with E-state index < -0.39 is 0 Å². The molecule has 5 heteroatoms. The Morgan fingerprint density at radius 2 is 1.56 bits per heavy atom. The largest absolute Gasteiger partial charge is 0.508 e. The molecule has 0 saturated carbocycles. The summed E-state index contributed by atoms with van der Waals surface area (Å²) in [4.78, 5) is 11.5. The van der Waals surface area contributed by atoms with Gasteiger partial charge in [0.25, 0.3) is 0 Å². The van der Waals surface area contributed by atoms with Gasteiger partial charge >= 0.3 is 0 Å². The summed E-state index contributed by atoms with van der Waals surface area (Å²) in [5, 5.41) is 15.7. The van der Waals surface area contributed by atoms with Crippen molar-refractivity contribution in [3.63, 3.8) is 0 Å². The van der Waals surface area contributed by atoms with Crippen molar-refractivity contribution in [2.45, 2.75) is 19.9 Å². The smallest absolute Gasteiger partial charge is 0.221 e. The van der Waals surface area contributed by atoms with E-state index >= 15 is 0 Å². The van der Waals surface area contributed by atoms with E-state index in [0.717, 1.165) is 16.9 Å². The highest BCUT2D eigenvalue weighted by Crippen LogP contribution is 2.33. The van der Waals surface area contributed by atoms with Gasteiger partial charge < -0.3 is 20.5 Å². The maximum absolute atomic E-state index is 11.5. The molecule has 0 fully saturated rings. The standard InChI is InChI=1S/C22H22N2O3/c1-15(19-7-3-4-8-20(19)24-16(2)25)23-21-9-5-6-10-22(21)27-18-13-11-17(26)12-14-18/h3-15,23,26H,1-2H3,(H,24,25). The van der Waals surface area contributed by atoms with Crippen LogP contribution in [0.4, 0.5) is 11.4 Å². The van der Waals surface area contributed by atoms with E-state index in [1.54, 1.807) is 24.3 Å². The van der Waals surface area contributed by atoms with Crippen molar-refractivity contribution in [3.05, 3.63) is 78.4 Å². The molecule has 0 aliphatic rings. The van der Waals surface area contributed by atoms with Gasteiger partial charge in [0.05, 0.1) is 11.7 Å². The van der Waals surface area contributed by atoms with Crippen LogP contribution >= 0.6 is 0 Å². The van der Waals surface area contributed by atoms with Crippen LogP contribution in [0.15, 0.2) is 72.8 Å². The van der Waals surface area contributed by atoms with E-state index in [0.29, 0.717) is 11.5 Å². The van der Waals surface area contributed by atoms with Crippen molar-refractivity contribution in [1.82, 2.24) is 0 Å². The summed E-state index contributed by atoms with van der Waals surface area (Å²) in [5.74, 6) is 1.39. The van der Waals surface area contributed by atoms with E-state index in [1.165, 1.54) is 6.92 Å². The van der Waals surface area contributed by atoms with Gasteiger partial charge in [-0.05, 0) is 55.0 Å². The minimum Gasteiger partial charge on any atom is -0.508 e. The highest BCUT2D eigenvalue weighted by Gasteiger charge is 2.13. The molecule has 0 bridgehead atoms. The average molecular weight is 362 g/mol. The summed E-state index contributed by atoms with van der Waals surface area (Å²) in [6, 6.07) is 21.9. The average Bonchev–Trinajstić information content (AvgIpc) is 2.65. The number of para-hydroxylation sites is 3.